The van der Waals surface area contributed by atoms with Crippen molar-refractivity contribution in [3.8, 4) is 0 Å². The first-order valence-electron chi connectivity index (χ1n) is 5.64. The predicted octanol–water partition coefficient (Wildman–Crippen LogP) is 2.90. The van der Waals surface area contributed by atoms with Gasteiger partial charge in [0.2, 0.25) is 5.91 Å². The molecule has 0 aromatic heterocycles. The number of rotatable bonds is 8. The lowest BCUT2D eigenvalue weighted by Gasteiger charge is -2.14. The Kier molecular flexibility index (Phi) is 8.30. The molecule has 0 aromatic carbocycles. The van der Waals surface area contributed by atoms with Gasteiger partial charge >= 0.3 is 0 Å². The number of hydrogen-bond donors (Lipinski definition) is 1. The molecule has 0 aromatic rings. The summed E-state index contributed by atoms with van der Waals surface area (Å²) >= 11 is 0. The minimum Gasteiger partial charge on any atom is -0.356 e. The summed E-state index contributed by atoms with van der Waals surface area (Å²) < 4.78 is 0. The highest BCUT2D eigenvalue weighted by atomic mass is 16.1. The summed E-state index contributed by atoms with van der Waals surface area (Å²) in [6.45, 7) is 8.60. The van der Waals surface area contributed by atoms with Crippen LogP contribution < -0.4 is 5.32 Å². The first-order valence-corrected chi connectivity index (χ1v) is 5.64. The van der Waals surface area contributed by atoms with Crippen molar-refractivity contribution >= 4 is 5.91 Å². The van der Waals surface area contributed by atoms with E-state index >= 15 is 0 Å². The first-order chi connectivity index (χ1) is 6.76. The van der Waals surface area contributed by atoms with Crippen molar-refractivity contribution in [2.75, 3.05) is 6.54 Å². The van der Waals surface area contributed by atoms with Crippen LogP contribution in [0.1, 0.15) is 46.0 Å². The largest absolute Gasteiger partial charge is 0.356 e. The van der Waals surface area contributed by atoms with Gasteiger partial charge in [-0.15, -0.1) is 6.58 Å². The molecule has 0 aliphatic carbocycles. The molecule has 0 saturated heterocycles. The Hall–Kier alpha value is -0.790. The molecule has 1 amide bonds. The van der Waals surface area contributed by atoms with Crippen LogP contribution in [0.2, 0.25) is 0 Å². The van der Waals surface area contributed by atoms with Gasteiger partial charge in [-0.3, -0.25) is 4.79 Å². The van der Waals surface area contributed by atoms with E-state index in [2.05, 4.69) is 25.7 Å². The van der Waals surface area contributed by atoms with Gasteiger partial charge in [-0.05, 0) is 19.3 Å². The average molecular weight is 197 g/mol. The van der Waals surface area contributed by atoms with Gasteiger partial charge < -0.3 is 5.32 Å². The minimum atomic E-state index is 0.217. The highest BCUT2D eigenvalue weighted by Crippen LogP contribution is 2.13. The number of carbonyl (C=O) groups excluding carboxylic acids is 1. The van der Waals surface area contributed by atoms with Gasteiger partial charge in [-0.2, -0.15) is 0 Å². The predicted molar refractivity (Wildman–Crippen MR) is 61.1 cm³/mol. The summed E-state index contributed by atoms with van der Waals surface area (Å²) in [6.07, 6.45) is 6.87. The minimum absolute atomic E-state index is 0.217. The van der Waals surface area contributed by atoms with E-state index in [-0.39, 0.29) is 11.8 Å². The molecule has 0 unspecified atom stereocenters. The second-order valence-electron chi connectivity index (χ2n) is 3.64. The van der Waals surface area contributed by atoms with Gasteiger partial charge in [-0.25, -0.2) is 0 Å². The highest BCUT2D eigenvalue weighted by molar-refractivity contribution is 5.78. The van der Waals surface area contributed by atoms with Gasteiger partial charge in [-0.1, -0.05) is 32.8 Å². The number of amides is 1. The van der Waals surface area contributed by atoms with Crippen LogP contribution in [-0.2, 0) is 4.79 Å². The van der Waals surface area contributed by atoms with Crippen LogP contribution in [0.25, 0.3) is 0 Å². The molecule has 0 aliphatic heterocycles. The molecular formula is C12H23NO. The van der Waals surface area contributed by atoms with Crippen LogP contribution in [-0.4, -0.2) is 12.5 Å². The molecule has 0 radical (unpaired) electrons. The summed E-state index contributed by atoms with van der Waals surface area (Å²) in [7, 11) is 0. The first kappa shape index (κ1) is 13.2. The van der Waals surface area contributed by atoms with Crippen molar-refractivity contribution in [1.82, 2.24) is 5.32 Å². The van der Waals surface area contributed by atoms with E-state index in [0.29, 0.717) is 0 Å². The maximum Gasteiger partial charge on any atom is 0.223 e. The molecule has 2 nitrogen and oxygen atoms in total. The van der Waals surface area contributed by atoms with Gasteiger partial charge in [0.15, 0.2) is 0 Å². The number of hydrogen-bond acceptors (Lipinski definition) is 1. The van der Waals surface area contributed by atoms with Gasteiger partial charge in [0, 0.05) is 12.5 Å². The normalized spacial score (nSPS) is 10.2. The molecule has 14 heavy (non-hydrogen) atoms. The van der Waals surface area contributed by atoms with Gasteiger partial charge in [0.05, 0.1) is 0 Å². The summed E-state index contributed by atoms with van der Waals surface area (Å²) in [4.78, 5) is 11.7. The molecule has 1 N–H and O–H groups in total. The lowest BCUT2D eigenvalue weighted by atomic mass is 9.97. The average Bonchev–Trinajstić information content (AvgIpc) is 2.18. The van der Waals surface area contributed by atoms with Gasteiger partial charge in [0.1, 0.15) is 0 Å². The molecule has 0 saturated carbocycles. The zero-order valence-corrected chi connectivity index (χ0v) is 9.51. The Morgan fingerprint density at radius 1 is 1.36 bits per heavy atom. The molecule has 0 spiro atoms. The Morgan fingerprint density at radius 2 is 1.93 bits per heavy atom. The maximum atomic E-state index is 11.7. The van der Waals surface area contributed by atoms with Crippen LogP contribution in [0.5, 0.6) is 0 Å². The third-order valence-corrected chi connectivity index (χ3v) is 2.29. The van der Waals surface area contributed by atoms with E-state index in [1.54, 1.807) is 0 Å². The lowest BCUT2D eigenvalue weighted by Crippen LogP contribution is -2.31. The van der Waals surface area contributed by atoms with Crippen molar-refractivity contribution in [2.24, 2.45) is 5.92 Å². The van der Waals surface area contributed by atoms with E-state index in [1.165, 1.54) is 0 Å². The molecule has 0 atom stereocenters. The number of nitrogens with one attached hydrogen (secondary N) is 1. The van der Waals surface area contributed by atoms with Crippen molar-refractivity contribution in [3.05, 3.63) is 12.7 Å². The Balaban J connectivity index is 3.81. The fourth-order valence-corrected chi connectivity index (χ4v) is 1.55. The Morgan fingerprint density at radius 3 is 2.36 bits per heavy atom. The van der Waals surface area contributed by atoms with E-state index in [9.17, 15) is 4.79 Å². The zero-order chi connectivity index (χ0) is 10.8. The maximum absolute atomic E-state index is 11.7. The van der Waals surface area contributed by atoms with Crippen molar-refractivity contribution in [3.63, 3.8) is 0 Å². The van der Waals surface area contributed by atoms with Crippen LogP contribution >= 0.6 is 0 Å². The quantitative estimate of drug-likeness (QED) is 0.470. The fraction of sp³-hybridized carbons (Fsp3) is 0.750. The van der Waals surface area contributed by atoms with Crippen molar-refractivity contribution in [1.29, 1.82) is 0 Å². The van der Waals surface area contributed by atoms with Gasteiger partial charge in [0.25, 0.3) is 0 Å². The Labute approximate surface area is 87.8 Å². The monoisotopic (exact) mass is 197 g/mol. The third kappa shape index (κ3) is 5.79. The van der Waals surface area contributed by atoms with Crippen LogP contribution in [0.15, 0.2) is 12.7 Å². The van der Waals surface area contributed by atoms with Crippen LogP contribution in [0.3, 0.4) is 0 Å². The summed E-state index contributed by atoms with van der Waals surface area (Å²) in [5.74, 6) is 0.436. The summed E-state index contributed by atoms with van der Waals surface area (Å²) in [6, 6.07) is 0. The van der Waals surface area contributed by atoms with Crippen LogP contribution in [0.4, 0.5) is 0 Å². The summed E-state index contributed by atoms with van der Waals surface area (Å²) in [5, 5.41) is 2.94. The standard InChI is InChI=1S/C12H23NO/c1-4-7-10-13-12(14)11(8-5-2)9-6-3/h4,11H,1,5-10H2,2-3H3,(H,13,14). The van der Waals surface area contributed by atoms with Crippen molar-refractivity contribution < 1.29 is 4.79 Å². The van der Waals surface area contributed by atoms with E-state index in [1.807, 2.05) is 6.08 Å². The Bertz CT molecular complexity index is 160. The molecular weight excluding hydrogens is 174 g/mol. The number of carbonyl (C=O) groups is 1. The topological polar surface area (TPSA) is 29.1 Å². The smallest absolute Gasteiger partial charge is 0.223 e. The van der Waals surface area contributed by atoms with Crippen molar-refractivity contribution in [2.45, 2.75) is 46.0 Å². The molecule has 2 heteroatoms. The second kappa shape index (κ2) is 8.79. The van der Waals surface area contributed by atoms with E-state index in [4.69, 9.17) is 0 Å². The molecule has 0 fully saturated rings. The zero-order valence-electron chi connectivity index (χ0n) is 9.51. The molecule has 0 rings (SSSR count). The highest BCUT2D eigenvalue weighted by Gasteiger charge is 2.15. The van der Waals surface area contributed by atoms with E-state index < -0.39 is 0 Å². The molecule has 82 valence electrons. The second-order valence-corrected chi connectivity index (χ2v) is 3.64. The van der Waals surface area contributed by atoms with Crippen LogP contribution in [0, 0.1) is 5.92 Å². The van der Waals surface area contributed by atoms with E-state index in [0.717, 1.165) is 38.6 Å². The molecule has 0 bridgehead atoms. The fourth-order valence-electron chi connectivity index (χ4n) is 1.55. The lowest BCUT2D eigenvalue weighted by molar-refractivity contribution is -0.125. The third-order valence-electron chi connectivity index (χ3n) is 2.29. The SMILES string of the molecule is C=CCCNC(=O)C(CCC)CCC. The molecule has 0 aliphatic rings. The molecule has 0 heterocycles. The summed E-state index contributed by atoms with van der Waals surface area (Å²) in [5.41, 5.74) is 0.